The second kappa shape index (κ2) is 8.33. The van der Waals surface area contributed by atoms with Crippen molar-refractivity contribution in [3.8, 4) is 0 Å². The minimum absolute atomic E-state index is 0.287. The molecular formula is C18H29N5S. The molecule has 2 aromatic heterocycles. The molecule has 24 heavy (non-hydrogen) atoms. The number of aliphatic imine (C=N–C) groups is 1. The Morgan fingerprint density at radius 3 is 2.62 bits per heavy atom. The molecular weight excluding hydrogens is 318 g/mol. The van der Waals surface area contributed by atoms with E-state index in [-0.39, 0.29) is 6.04 Å². The van der Waals surface area contributed by atoms with Crippen LogP contribution in [0.3, 0.4) is 0 Å². The average molecular weight is 348 g/mol. The van der Waals surface area contributed by atoms with Crippen LogP contribution in [0.15, 0.2) is 17.1 Å². The number of hydrogen-bond acceptors (Lipinski definition) is 3. The van der Waals surface area contributed by atoms with Crippen LogP contribution in [0.4, 0.5) is 0 Å². The van der Waals surface area contributed by atoms with Crippen LogP contribution in [-0.4, -0.2) is 28.3 Å². The topological polar surface area (TPSA) is 54.2 Å². The maximum atomic E-state index is 4.71. The van der Waals surface area contributed by atoms with E-state index in [1.54, 1.807) is 11.3 Å². The van der Waals surface area contributed by atoms with E-state index >= 15 is 0 Å². The van der Waals surface area contributed by atoms with Crippen LogP contribution in [0, 0.1) is 20.8 Å². The highest BCUT2D eigenvalue weighted by atomic mass is 32.1. The van der Waals surface area contributed by atoms with Gasteiger partial charge in [-0.25, -0.2) is 4.99 Å². The lowest BCUT2D eigenvalue weighted by Crippen LogP contribution is -2.43. The van der Waals surface area contributed by atoms with Gasteiger partial charge in [0.05, 0.1) is 12.2 Å². The van der Waals surface area contributed by atoms with Crippen LogP contribution in [0.1, 0.15) is 40.6 Å². The van der Waals surface area contributed by atoms with Crippen molar-refractivity contribution in [1.29, 1.82) is 0 Å². The Bertz CT molecular complexity index is 698. The van der Waals surface area contributed by atoms with E-state index in [2.05, 4.69) is 62.5 Å². The molecule has 6 heteroatoms. The van der Waals surface area contributed by atoms with Crippen LogP contribution in [-0.2, 0) is 20.0 Å². The van der Waals surface area contributed by atoms with Crippen molar-refractivity contribution in [3.63, 3.8) is 0 Å². The molecule has 0 aromatic carbocycles. The number of nitrogens with zero attached hydrogens (tertiary/aromatic N) is 3. The molecule has 0 aliphatic heterocycles. The Balaban J connectivity index is 2.00. The molecule has 0 bridgehead atoms. The van der Waals surface area contributed by atoms with Gasteiger partial charge < -0.3 is 10.6 Å². The first-order chi connectivity index (χ1) is 11.4. The van der Waals surface area contributed by atoms with Gasteiger partial charge in [-0.3, -0.25) is 4.68 Å². The minimum Gasteiger partial charge on any atom is -0.357 e. The summed E-state index contributed by atoms with van der Waals surface area (Å²) in [7, 11) is 2.00. The first-order valence-electron chi connectivity index (χ1n) is 8.50. The number of rotatable bonds is 6. The van der Waals surface area contributed by atoms with Gasteiger partial charge in [-0.2, -0.15) is 5.10 Å². The monoisotopic (exact) mass is 347 g/mol. The zero-order valence-corrected chi connectivity index (χ0v) is 16.4. The van der Waals surface area contributed by atoms with Crippen molar-refractivity contribution >= 4 is 17.3 Å². The number of thiophene rings is 1. The molecule has 2 aromatic rings. The third kappa shape index (κ3) is 4.84. The third-order valence-corrected chi connectivity index (χ3v) is 5.07. The molecule has 0 saturated heterocycles. The van der Waals surface area contributed by atoms with Crippen molar-refractivity contribution in [1.82, 2.24) is 20.4 Å². The predicted molar refractivity (Wildman–Crippen MR) is 103 cm³/mol. The molecule has 0 aliphatic rings. The normalized spacial score (nSPS) is 13.2. The molecule has 2 rings (SSSR count). The molecule has 0 spiro atoms. The number of aromatic nitrogens is 2. The van der Waals surface area contributed by atoms with Gasteiger partial charge in [-0.15, -0.1) is 11.3 Å². The van der Waals surface area contributed by atoms with Gasteiger partial charge in [0.1, 0.15) is 0 Å². The quantitative estimate of drug-likeness (QED) is 0.624. The molecule has 0 amide bonds. The lowest BCUT2D eigenvalue weighted by atomic mass is 10.1. The Labute approximate surface area is 149 Å². The first-order valence-corrected chi connectivity index (χ1v) is 9.31. The molecule has 1 unspecified atom stereocenters. The highest BCUT2D eigenvalue weighted by molar-refractivity contribution is 7.11. The smallest absolute Gasteiger partial charge is 0.191 e. The van der Waals surface area contributed by atoms with E-state index in [1.165, 1.54) is 21.0 Å². The Morgan fingerprint density at radius 1 is 1.33 bits per heavy atom. The van der Waals surface area contributed by atoms with Crippen LogP contribution in [0.2, 0.25) is 0 Å². The van der Waals surface area contributed by atoms with Gasteiger partial charge in [-0.05, 0) is 58.7 Å². The molecule has 0 fully saturated rings. The summed E-state index contributed by atoms with van der Waals surface area (Å²) >= 11 is 1.80. The molecule has 132 valence electrons. The van der Waals surface area contributed by atoms with Crippen molar-refractivity contribution in [2.45, 2.75) is 53.6 Å². The fraction of sp³-hybridized carbons (Fsp3) is 0.556. The summed E-state index contributed by atoms with van der Waals surface area (Å²) in [6.07, 6.45) is 0.939. The number of aryl methyl sites for hydroxylation is 3. The Kier molecular flexibility index (Phi) is 6.43. The molecule has 0 aliphatic carbocycles. The summed E-state index contributed by atoms with van der Waals surface area (Å²) < 4.78 is 1.95. The van der Waals surface area contributed by atoms with Gasteiger partial charge >= 0.3 is 0 Å². The van der Waals surface area contributed by atoms with Crippen LogP contribution in [0.5, 0.6) is 0 Å². The van der Waals surface area contributed by atoms with E-state index in [1.807, 2.05) is 11.7 Å². The Morgan fingerprint density at radius 2 is 2.08 bits per heavy atom. The van der Waals surface area contributed by atoms with Crippen LogP contribution < -0.4 is 10.6 Å². The summed E-state index contributed by atoms with van der Waals surface area (Å²) in [6.45, 7) is 12.2. The first kappa shape index (κ1) is 18.5. The average Bonchev–Trinajstić information content (AvgIpc) is 3.04. The van der Waals surface area contributed by atoms with E-state index in [9.17, 15) is 0 Å². The highest BCUT2D eigenvalue weighted by Crippen LogP contribution is 2.16. The van der Waals surface area contributed by atoms with E-state index in [0.717, 1.165) is 24.6 Å². The van der Waals surface area contributed by atoms with Crippen molar-refractivity contribution < 1.29 is 0 Å². The zero-order valence-electron chi connectivity index (χ0n) is 15.6. The largest absolute Gasteiger partial charge is 0.357 e. The number of nitrogens with one attached hydrogen (secondary N) is 2. The van der Waals surface area contributed by atoms with Gasteiger partial charge in [0.15, 0.2) is 5.96 Å². The summed E-state index contributed by atoms with van der Waals surface area (Å²) in [6, 6.07) is 4.58. The summed E-state index contributed by atoms with van der Waals surface area (Å²) in [4.78, 5) is 7.33. The molecule has 0 radical (unpaired) electrons. The van der Waals surface area contributed by atoms with Gasteiger partial charge in [0.25, 0.3) is 0 Å². The summed E-state index contributed by atoms with van der Waals surface area (Å²) in [5.41, 5.74) is 3.67. The van der Waals surface area contributed by atoms with Crippen LogP contribution >= 0.6 is 11.3 Å². The summed E-state index contributed by atoms with van der Waals surface area (Å²) in [5.74, 6) is 0.871. The summed E-state index contributed by atoms with van der Waals surface area (Å²) in [5, 5.41) is 11.3. The lowest BCUT2D eigenvalue weighted by Gasteiger charge is -2.18. The maximum absolute atomic E-state index is 4.71. The highest BCUT2D eigenvalue weighted by Gasteiger charge is 2.14. The standard InChI is InChI=1S/C18H29N5S/c1-7-19-18(20-11-16-9-8-13(3)24-16)21-12(2)10-17-14(4)22-23(6)15(17)5/h8-9,12H,7,10-11H2,1-6H3,(H2,19,20,21). The second-order valence-electron chi connectivity index (χ2n) is 6.23. The van der Waals surface area contributed by atoms with E-state index in [0.29, 0.717) is 6.54 Å². The fourth-order valence-electron chi connectivity index (χ4n) is 2.75. The molecule has 2 heterocycles. The van der Waals surface area contributed by atoms with Crippen LogP contribution in [0.25, 0.3) is 0 Å². The van der Waals surface area contributed by atoms with Crippen molar-refractivity contribution in [2.75, 3.05) is 6.54 Å². The Hall–Kier alpha value is -1.82. The van der Waals surface area contributed by atoms with Gasteiger partial charge in [0.2, 0.25) is 0 Å². The van der Waals surface area contributed by atoms with E-state index in [4.69, 9.17) is 4.99 Å². The zero-order chi connectivity index (χ0) is 17.7. The molecule has 2 N–H and O–H groups in total. The van der Waals surface area contributed by atoms with E-state index < -0.39 is 0 Å². The maximum Gasteiger partial charge on any atom is 0.191 e. The fourth-order valence-corrected chi connectivity index (χ4v) is 3.57. The second-order valence-corrected chi connectivity index (χ2v) is 7.60. The van der Waals surface area contributed by atoms with Gasteiger partial charge in [-0.1, -0.05) is 0 Å². The number of hydrogen-bond donors (Lipinski definition) is 2. The third-order valence-electron chi connectivity index (χ3n) is 4.09. The number of guanidine groups is 1. The molecule has 0 saturated carbocycles. The molecule has 1 atom stereocenters. The van der Waals surface area contributed by atoms with Crippen molar-refractivity contribution in [2.24, 2.45) is 12.0 Å². The molecule has 5 nitrogen and oxygen atoms in total. The van der Waals surface area contributed by atoms with Gasteiger partial charge in [0, 0.05) is 35.1 Å². The predicted octanol–water partition coefficient (Wildman–Crippen LogP) is 3.09. The lowest BCUT2D eigenvalue weighted by molar-refractivity contribution is 0.636. The minimum atomic E-state index is 0.287. The van der Waals surface area contributed by atoms with Crippen molar-refractivity contribution in [3.05, 3.63) is 38.8 Å². The SMILES string of the molecule is CCNC(=NCc1ccc(C)s1)NC(C)Cc1c(C)nn(C)c1C.